The summed E-state index contributed by atoms with van der Waals surface area (Å²) < 4.78 is 5.74. The van der Waals surface area contributed by atoms with Crippen LogP contribution in [0.25, 0.3) is 0 Å². The van der Waals surface area contributed by atoms with Crippen molar-refractivity contribution in [3.8, 4) is 5.75 Å². The molecule has 7 heteroatoms. The molecule has 0 aliphatic rings. The van der Waals surface area contributed by atoms with Gasteiger partial charge in [-0.05, 0) is 61.0 Å². The normalized spacial score (nSPS) is 10.3. The lowest BCUT2D eigenvalue weighted by molar-refractivity contribution is 0.0971. The lowest BCUT2D eigenvalue weighted by Gasteiger charge is -2.13. The molecule has 0 fully saturated rings. The number of nitrogens with one attached hydrogen (secondary N) is 2. The van der Waals surface area contributed by atoms with Gasteiger partial charge in [-0.3, -0.25) is 14.9 Å². The first-order chi connectivity index (χ1) is 12.9. The number of primary amides is 1. The lowest BCUT2D eigenvalue weighted by Crippen LogP contribution is -2.34. The average molecular weight is 385 g/mol. The van der Waals surface area contributed by atoms with E-state index in [1.807, 2.05) is 6.07 Å². The fourth-order valence-corrected chi connectivity index (χ4v) is 2.45. The van der Waals surface area contributed by atoms with Gasteiger partial charge in [0.25, 0.3) is 5.91 Å². The average Bonchev–Trinajstić information content (AvgIpc) is 2.62. The smallest absolute Gasteiger partial charge is 0.261 e. The first-order valence-corrected chi connectivity index (χ1v) is 9.01. The van der Waals surface area contributed by atoms with Gasteiger partial charge in [0, 0.05) is 11.3 Å². The Morgan fingerprint density at radius 3 is 2.41 bits per heavy atom. The van der Waals surface area contributed by atoms with Crippen LogP contribution in [0, 0.1) is 5.92 Å². The first-order valence-electron chi connectivity index (χ1n) is 8.61. The van der Waals surface area contributed by atoms with Crippen molar-refractivity contribution in [3.05, 3.63) is 59.7 Å². The molecule has 142 valence electrons. The highest BCUT2D eigenvalue weighted by molar-refractivity contribution is 7.80. The van der Waals surface area contributed by atoms with Crippen LogP contribution in [0.5, 0.6) is 5.75 Å². The highest BCUT2D eigenvalue weighted by Crippen LogP contribution is 2.19. The molecule has 4 N–H and O–H groups in total. The third-order valence-electron chi connectivity index (χ3n) is 3.74. The van der Waals surface area contributed by atoms with Crippen molar-refractivity contribution in [1.29, 1.82) is 0 Å². The monoisotopic (exact) mass is 385 g/mol. The zero-order valence-corrected chi connectivity index (χ0v) is 16.1. The van der Waals surface area contributed by atoms with Gasteiger partial charge in [0.05, 0.1) is 12.2 Å². The van der Waals surface area contributed by atoms with Crippen LogP contribution in [-0.2, 0) is 0 Å². The third kappa shape index (κ3) is 6.38. The van der Waals surface area contributed by atoms with Crippen molar-refractivity contribution < 1.29 is 14.3 Å². The van der Waals surface area contributed by atoms with E-state index in [2.05, 4.69) is 24.5 Å². The summed E-state index contributed by atoms with van der Waals surface area (Å²) in [4.78, 5) is 23.6. The summed E-state index contributed by atoms with van der Waals surface area (Å²) in [6.45, 7) is 4.76. The molecule has 0 radical (unpaired) electrons. The minimum absolute atomic E-state index is 0.142. The van der Waals surface area contributed by atoms with E-state index in [4.69, 9.17) is 22.7 Å². The summed E-state index contributed by atoms with van der Waals surface area (Å²) in [5.74, 6) is 0.167. The molecule has 6 nitrogen and oxygen atoms in total. The minimum Gasteiger partial charge on any atom is -0.493 e. The van der Waals surface area contributed by atoms with E-state index in [1.165, 1.54) is 0 Å². The zero-order valence-electron chi connectivity index (χ0n) is 15.3. The maximum Gasteiger partial charge on any atom is 0.261 e. The summed E-state index contributed by atoms with van der Waals surface area (Å²) >= 11 is 5.19. The maximum atomic E-state index is 12.5. The number of anilines is 1. The van der Waals surface area contributed by atoms with Crippen molar-refractivity contribution in [1.82, 2.24) is 5.32 Å². The van der Waals surface area contributed by atoms with Crippen LogP contribution >= 0.6 is 12.2 Å². The molecule has 2 amide bonds. The fraction of sp³-hybridized carbons (Fsp3) is 0.250. The standard InChI is InChI=1S/C20H23N3O3S/c1-13(2)11-12-26-17-6-4-3-5-16(17)19(25)23-20(27)22-15-9-7-14(8-10-15)18(21)24/h3-10,13H,11-12H2,1-2H3,(H2,21,24)(H2,22,23,25,27). The molecule has 0 saturated carbocycles. The van der Waals surface area contributed by atoms with Gasteiger partial charge in [0.1, 0.15) is 5.75 Å². The number of ether oxygens (including phenoxy) is 1. The number of carbonyl (C=O) groups excluding carboxylic acids is 2. The Morgan fingerprint density at radius 2 is 1.78 bits per heavy atom. The number of thiocarbonyl (C=S) groups is 1. The van der Waals surface area contributed by atoms with Gasteiger partial charge in [-0.25, -0.2) is 0 Å². The Bertz CT molecular complexity index is 819. The molecule has 0 aromatic heterocycles. The Labute approximate surface area is 164 Å². The minimum atomic E-state index is -0.508. The van der Waals surface area contributed by atoms with E-state index >= 15 is 0 Å². The molecule has 2 rings (SSSR count). The second-order valence-electron chi connectivity index (χ2n) is 6.38. The third-order valence-corrected chi connectivity index (χ3v) is 3.94. The molecule has 0 unspecified atom stereocenters. The number of nitrogens with two attached hydrogens (primary N) is 1. The van der Waals surface area contributed by atoms with Gasteiger partial charge in [0.2, 0.25) is 5.91 Å². The molecule has 0 atom stereocenters. The van der Waals surface area contributed by atoms with E-state index < -0.39 is 5.91 Å². The molecule has 0 bridgehead atoms. The predicted octanol–water partition coefficient (Wildman–Crippen LogP) is 3.34. The lowest BCUT2D eigenvalue weighted by atomic mass is 10.1. The van der Waals surface area contributed by atoms with Gasteiger partial charge < -0.3 is 15.8 Å². The van der Waals surface area contributed by atoms with Crippen LogP contribution in [0.1, 0.15) is 41.0 Å². The van der Waals surface area contributed by atoms with Crippen LogP contribution < -0.4 is 21.1 Å². The van der Waals surface area contributed by atoms with Crippen LogP contribution in [0.15, 0.2) is 48.5 Å². The highest BCUT2D eigenvalue weighted by atomic mass is 32.1. The maximum absolute atomic E-state index is 12.5. The number of amides is 2. The van der Waals surface area contributed by atoms with Gasteiger partial charge in [-0.15, -0.1) is 0 Å². The largest absolute Gasteiger partial charge is 0.493 e. The Hall–Kier alpha value is -2.93. The predicted molar refractivity (Wildman–Crippen MR) is 110 cm³/mol. The van der Waals surface area contributed by atoms with E-state index in [-0.39, 0.29) is 11.0 Å². The molecule has 2 aromatic rings. The molecule has 27 heavy (non-hydrogen) atoms. The first kappa shape index (κ1) is 20.4. The van der Waals surface area contributed by atoms with E-state index in [9.17, 15) is 9.59 Å². The molecule has 0 aliphatic carbocycles. The van der Waals surface area contributed by atoms with Crippen LogP contribution in [0.3, 0.4) is 0 Å². The van der Waals surface area contributed by atoms with Gasteiger partial charge in [0.15, 0.2) is 5.11 Å². The van der Waals surface area contributed by atoms with Crippen molar-refractivity contribution in [2.75, 3.05) is 11.9 Å². The quantitative estimate of drug-likeness (QED) is 0.636. The number of hydrogen-bond acceptors (Lipinski definition) is 4. The molecule has 2 aromatic carbocycles. The molecular weight excluding hydrogens is 362 g/mol. The molecule has 0 spiro atoms. The Balaban J connectivity index is 1.97. The summed E-state index contributed by atoms with van der Waals surface area (Å²) in [5, 5.41) is 5.67. The fourth-order valence-electron chi connectivity index (χ4n) is 2.24. The van der Waals surface area contributed by atoms with E-state index in [0.29, 0.717) is 35.1 Å². The Kier molecular flexibility index (Phi) is 7.31. The SMILES string of the molecule is CC(C)CCOc1ccccc1C(=O)NC(=S)Nc1ccc(C(N)=O)cc1. The summed E-state index contributed by atoms with van der Waals surface area (Å²) in [6, 6.07) is 13.5. The van der Waals surface area contributed by atoms with Gasteiger partial charge >= 0.3 is 0 Å². The van der Waals surface area contributed by atoms with Gasteiger partial charge in [-0.2, -0.15) is 0 Å². The summed E-state index contributed by atoms with van der Waals surface area (Å²) in [5.41, 5.74) is 6.64. The molecule has 0 heterocycles. The second kappa shape index (κ2) is 9.68. The van der Waals surface area contributed by atoms with Crippen molar-refractivity contribution in [2.24, 2.45) is 11.7 Å². The number of benzene rings is 2. The topological polar surface area (TPSA) is 93.4 Å². The number of para-hydroxylation sites is 1. The Morgan fingerprint density at radius 1 is 1.11 bits per heavy atom. The van der Waals surface area contributed by atoms with Gasteiger partial charge in [-0.1, -0.05) is 26.0 Å². The van der Waals surface area contributed by atoms with Crippen LogP contribution in [-0.4, -0.2) is 23.5 Å². The molecule has 0 saturated heterocycles. The van der Waals surface area contributed by atoms with Crippen molar-refractivity contribution in [2.45, 2.75) is 20.3 Å². The van der Waals surface area contributed by atoms with E-state index in [0.717, 1.165) is 6.42 Å². The highest BCUT2D eigenvalue weighted by Gasteiger charge is 2.14. The zero-order chi connectivity index (χ0) is 19.8. The molecule has 0 aliphatic heterocycles. The number of hydrogen-bond donors (Lipinski definition) is 3. The van der Waals surface area contributed by atoms with E-state index in [1.54, 1.807) is 42.5 Å². The summed E-state index contributed by atoms with van der Waals surface area (Å²) in [6.07, 6.45) is 0.900. The summed E-state index contributed by atoms with van der Waals surface area (Å²) in [7, 11) is 0. The van der Waals surface area contributed by atoms with Crippen LogP contribution in [0.4, 0.5) is 5.69 Å². The number of carbonyl (C=O) groups is 2. The second-order valence-corrected chi connectivity index (χ2v) is 6.79. The number of rotatable bonds is 7. The molecular formula is C20H23N3O3S. The van der Waals surface area contributed by atoms with Crippen molar-refractivity contribution in [3.63, 3.8) is 0 Å². The van der Waals surface area contributed by atoms with Crippen LogP contribution in [0.2, 0.25) is 0 Å². The van der Waals surface area contributed by atoms with Crippen molar-refractivity contribution >= 4 is 34.8 Å².